The van der Waals surface area contributed by atoms with Gasteiger partial charge in [-0.3, -0.25) is 0 Å². The van der Waals surface area contributed by atoms with Crippen molar-refractivity contribution in [2.24, 2.45) is 5.73 Å². The zero-order valence-electron chi connectivity index (χ0n) is 12.7. The number of nitrogens with two attached hydrogens (primary N) is 1. The number of hydrogen-bond donors (Lipinski definition) is 2. The third-order valence-corrected chi connectivity index (χ3v) is 4.46. The highest BCUT2D eigenvalue weighted by Gasteiger charge is 2.21. The Morgan fingerprint density at radius 1 is 1.22 bits per heavy atom. The SMILES string of the molecule is NCCNc1c2c(nc3cc(-c4ccc(Cl)cc4)nn13)CCC2. The number of hydrogen-bond acceptors (Lipinski definition) is 4. The van der Waals surface area contributed by atoms with Crippen molar-refractivity contribution in [3.8, 4) is 11.3 Å². The maximum atomic E-state index is 5.97. The Bertz CT molecular complexity index is 854. The molecule has 4 rings (SSSR count). The van der Waals surface area contributed by atoms with Crippen LogP contribution in [0.15, 0.2) is 30.3 Å². The highest BCUT2D eigenvalue weighted by atomic mass is 35.5. The van der Waals surface area contributed by atoms with Gasteiger partial charge in [0.1, 0.15) is 5.82 Å². The molecular weight excluding hydrogens is 310 g/mol. The van der Waals surface area contributed by atoms with Crippen molar-refractivity contribution in [2.75, 3.05) is 18.4 Å². The first-order chi connectivity index (χ1) is 11.3. The van der Waals surface area contributed by atoms with Gasteiger partial charge in [-0.05, 0) is 31.4 Å². The average Bonchev–Trinajstić information content (AvgIpc) is 3.18. The molecule has 23 heavy (non-hydrogen) atoms. The van der Waals surface area contributed by atoms with E-state index in [9.17, 15) is 0 Å². The van der Waals surface area contributed by atoms with Crippen LogP contribution in [0.5, 0.6) is 0 Å². The summed E-state index contributed by atoms with van der Waals surface area (Å²) in [7, 11) is 0. The molecule has 0 unspecified atom stereocenters. The van der Waals surface area contributed by atoms with Gasteiger partial charge >= 0.3 is 0 Å². The van der Waals surface area contributed by atoms with Crippen LogP contribution in [-0.4, -0.2) is 27.7 Å². The van der Waals surface area contributed by atoms with Crippen molar-refractivity contribution >= 4 is 23.1 Å². The van der Waals surface area contributed by atoms with Gasteiger partial charge in [0, 0.05) is 41.0 Å². The highest BCUT2D eigenvalue weighted by Crippen LogP contribution is 2.30. The third kappa shape index (κ3) is 2.56. The Morgan fingerprint density at radius 3 is 2.83 bits per heavy atom. The second-order valence-corrected chi connectivity index (χ2v) is 6.20. The fourth-order valence-corrected chi connectivity index (χ4v) is 3.25. The Morgan fingerprint density at radius 2 is 2.04 bits per heavy atom. The maximum absolute atomic E-state index is 5.97. The molecule has 3 aromatic rings. The summed E-state index contributed by atoms with van der Waals surface area (Å²) < 4.78 is 1.91. The molecule has 0 saturated carbocycles. The van der Waals surface area contributed by atoms with Crippen LogP contribution >= 0.6 is 11.6 Å². The van der Waals surface area contributed by atoms with Crippen LogP contribution in [-0.2, 0) is 12.8 Å². The summed E-state index contributed by atoms with van der Waals surface area (Å²) in [5.74, 6) is 1.04. The van der Waals surface area contributed by atoms with Gasteiger partial charge in [-0.25, -0.2) is 4.98 Å². The van der Waals surface area contributed by atoms with Gasteiger partial charge < -0.3 is 11.1 Å². The van der Waals surface area contributed by atoms with Crippen molar-refractivity contribution in [3.05, 3.63) is 46.6 Å². The summed E-state index contributed by atoms with van der Waals surface area (Å²) in [5, 5.41) is 8.90. The molecule has 5 nitrogen and oxygen atoms in total. The largest absolute Gasteiger partial charge is 0.368 e. The van der Waals surface area contributed by atoms with Crippen molar-refractivity contribution in [1.29, 1.82) is 0 Å². The molecule has 0 aliphatic heterocycles. The summed E-state index contributed by atoms with van der Waals surface area (Å²) in [6.45, 7) is 1.31. The highest BCUT2D eigenvalue weighted by molar-refractivity contribution is 6.30. The minimum absolute atomic E-state index is 0.587. The molecule has 0 fully saturated rings. The number of anilines is 1. The van der Waals surface area contributed by atoms with Gasteiger partial charge in [0.25, 0.3) is 0 Å². The standard InChI is InChI=1S/C17H18ClN5/c18-12-6-4-11(5-7-12)15-10-16-21-14-3-1-2-13(14)17(20-9-8-19)23(16)22-15/h4-7,10,20H,1-3,8-9,19H2. The second-order valence-electron chi connectivity index (χ2n) is 5.76. The molecule has 0 amide bonds. The van der Waals surface area contributed by atoms with Gasteiger partial charge in [-0.15, -0.1) is 0 Å². The lowest BCUT2D eigenvalue weighted by Gasteiger charge is -2.12. The van der Waals surface area contributed by atoms with Crippen molar-refractivity contribution < 1.29 is 0 Å². The second kappa shape index (κ2) is 5.83. The minimum atomic E-state index is 0.587. The van der Waals surface area contributed by atoms with E-state index in [1.807, 2.05) is 34.8 Å². The van der Waals surface area contributed by atoms with Crippen LogP contribution in [0.25, 0.3) is 16.9 Å². The molecule has 0 saturated heterocycles. The number of nitrogens with zero attached hydrogens (tertiary/aromatic N) is 3. The number of fused-ring (bicyclic) bond motifs is 2. The van der Waals surface area contributed by atoms with Crippen molar-refractivity contribution in [2.45, 2.75) is 19.3 Å². The molecule has 6 heteroatoms. The zero-order chi connectivity index (χ0) is 15.8. The van der Waals surface area contributed by atoms with Crippen LogP contribution in [0.4, 0.5) is 5.82 Å². The number of rotatable bonds is 4. The Labute approximate surface area is 139 Å². The van der Waals surface area contributed by atoms with Gasteiger partial charge in [0.05, 0.1) is 5.69 Å². The lowest BCUT2D eigenvalue weighted by Crippen LogP contribution is -2.17. The molecule has 3 N–H and O–H groups in total. The van der Waals surface area contributed by atoms with E-state index in [0.717, 1.165) is 53.6 Å². The number of halogens is 1. The molecule has 2 heterocycles. The summed E-state index contributed by atoms with van der Waals surface area (Å²) in [5.41, 5.74) is 10.9. The molecule has 0 bridgehead atoms. The van der Waals surface area contributed by atoms with E-state index in [0.29, 0.717) is 6.54 Å². The Hall–Kier alpha value is -2.11. The molecule has 1 aliphatic carbocycles. The predicted octanol–water partition coefficient (Wildman–Crippen LogP) is 2.91. The van der Waals surface area contributed by atoms with E-state index in [1.54, 1.807) is 0 Å². The van der Waals surface area contributed by atoms with Gasteiger partial charge in [-0.1, -0.05) is 23.7 Å². The smallest absolute Gasteiger partial charge is 0.158 e. The number of aromatic nitrogens is 3. The summed E-state index contributed by atoms with van der Waals surface area (Å²) >= 11 is 5.97. The molecule has 0 atom stereocenters. The molecule has 118 valence electrons. The molecule has 0 spiro atoms. The molecule has 1 aromatic carbocycles. The van der Waals surface area contributed by atoms with Crippen LogP contribution in [0, 0.1) is 0 Å². The third-order valence-electron chi connectivity index (χ3n) is 4.20. The number of benzene rings is 1. The Balaban J connectivity index is 1.86. The maximum Gasteiger partial charge on any atom is 0.158 e. The lowest BCUT2D eigenvalue weighted by molar-refractivity contribution is 0.894. The summed E-state index contributed by atoms with van der Waals surface area (Å²) in [4.78, 5) is 4.79. The average molecular weight is 328 g/mol. The van der Waals surface area contributed by atoms with Gasteiger partial charge in [-0.2, -0.15) is 9.61 Å². The molecule has 2 aromatic heterocycles. The van der Waals surface area contributed by atoms with Gasteiger partial charge in [0.15, 0.2) is 5.65 Å². The first-order valence-electron chi connectivity index (χ1n) is 7.87. The molecule has 1 aliphatic rings. The van der Waals surface area contributed by atoms with E-state index >= 15 is 0 Å². The fourth-order valence-electron chi connectivity index (χ4n) is 3.12. The van der Waals surface area contributed by atoms with E-state index in [4.69, 9.17) is 27.4 Å². The topological polar surface area (TPSA) is 68.2 Å². The lowest BCUT2D eigenvalue weighted by atomic mass is 10.1. The predicted molar refractivity (Wildman–Crippen MR) is 93.0 cm³/mol. The van der Waals surface area contributed by atoms with E-state index in [2.05, 4.69) is 5.32 Å². The van der Waals surface area contributed by atoms with E-state index in [-0.39, 0.29) is 0 Å². The summed E-state index contributed by atoms with van der Waals surface area (Å²) in [6, 6.07) is 9.73. The summed E-state index contributed by atoms with van der Waals surface area (Å²) in [6.07, 6.45) is 3.22. The number of nitrogens with one attached hydrogen (secondary N) is 1. The van der Waals surface area contributed by atoms with Crippen LogP contribution < -0.4 is 11.1 Å². The fraction of sp³-hybridized carbons (Fsp3) is 0.294. The van der Waals surface area contributed by atoms with Crippen LogP contribution in [0.1, 0.15) is 17.7 Å². The normalized spacial score (nSPS) is 13.5. The van der Waals surface area contributed by atoms with E-state index < -0.39 is 0 Å². The Kier molecular flexibility index (Phi) is 3.67. The zero-order valence-corrected chi connectivity index (χ0v) is 13.5. The van der Waals surface area contributed by atoms with Gasteiger partial charge in [0.2, 0.25) is 0 Å². The first kappa shape index (κ1) is 14.5. The van der Waals surface area contributed by atoms with Crippen LogP contribution in [0.2, 0.25) is 5.02 Å². The monoisotopic (exact) mass is 327 g/mol. The first-order valence-corrected chi connectivity index (χ1v) is 8.25. The van der Waals surface area contributed by atoms with Crippen LogP contribution in [0.3, 0.4) is 0 Å². The van der Waals surface area contributed by atoms with Crippen molar-refractivity contribution in [1.82, 2.24) is 14.6 Å². The molecule has 0 radical (unpaired) electrons. The van der Waals surface area contributed by atoms with E-state index in [1.165, 1.54) is 11.3 Å². The molecular formula is C17H18ClN5. The minimum Gasteiger partial charge on any atom is -0.368 e. The quantitative estimate of drug-likeness (QED) is 0.773. The van der Waals surface area contributed by atoms with Crippen molar-refractivity contribution in [3.63, 3.8) is 0 Å². The number of aryl methyl sites for hydroxylation is 1.